The molecule has 0 saturated carbocycles. The highest BCUT2D eigenvalue weighted by Gasteiger charge is 2.18. The fourth-order valence-electron chi connectivity index (χ4n) is 2.46. The highest BCUT2D eigenvalue weighted by molar-refractivity contribution is 5.16. The third-order valence-corrected chi connectivity index (χ3v) is 3.39. The van der Waals surface area contributed by atoms with E-state index >= 15 is 0 Å². The zero-order valence-electron chi connectivity index (χ0n) is 11.1. The average molecular weight is 249 g/mol. The minimum Gasteiger partial charge on any atom is -0.383 e. The Bertz CT molecular complexity index is 323. The van der Waals surface area contributed by atoms with Gasteiger partial charge in [-0.2, -0.15) is 0 Å². The van der Waals surface area contributed by atoms with Gasteiger partial charge in [0.1, 0.15) is 0 Å². The van der Waals surface area contributed by atoms with Gasteiger partial charge >= 0.3 is 0 Å². The van der Waals surface area contributed by atoms with Crippen molar-refractivity contribution in [3.8, 4) is 0 Å². The first kappa shape index (κ1) is 13.5. The normalized spacial score (nSPS) is 18.7. The molecule has 3 heteroatoms. The highest BCUT2D eigenvalue weighted by atomic mass is 16.5. The van der Waals surface area contributed by atoms with Crippen molar-refractivity contribution in [3.63, 3.8) is 0 Å². The minimum absolute atomic E-state index is 0.389. The van der Waals surface area contributed by atoms with Gasteiger partial charge in [-0.1, -0.05) is 30.3 Å². The Balaban J connectivity index is 1.86. The van der Waals surface area contributed by atoms with Crippen molar-refractivity contribution < 1.29 is 9.47 Å². The Labute approximate surface area is 109 Å². The van der Waals surface area contributed by atoms with Crippen LogP contribution in [-0.4, -0.2) is 39.0 Å². The number of hydrogen-bond donors (Lipinski definition) is 1. The summed E-state index contributed by atoms with van der Waals surface area (Å²) in [5.74, 6) is 0. The number of methoxy groups -OCH3 is 1. The Morgan fingerprint density at radius 1 is 1.28 bits per heavy atom. The van der Waals surface area contributed by atoms with Gasteiger partial charge in [-0.05, 0) is 24.8 Å². The summed E-state index contributed by atoms with van der Waals surface area (Å²) < 4.78 is 10.7. The predicted molar refractivity (Wildman–Crippen MR) is 72.8 cm³/mol. The summed E-state index contributed by atoms with van der Waals surface area (Å²) in [6, 6.07) is 11.5. The SMILES string of the molecule is COC[C@@H](Cc1ccccc1)NC1CCOCC1. The summed E-state index contributed by atoms with van der Waals surface area (Å²) in [6.07, 6.45) is 3.23. The topological polar surface area (TPSA) is 30.5 Å². The van der Waals surface area contributed by atoms with Gasteiger partial charge in [0.25, 0.3) is 0 Å². The molecule has 3 nitrogen and oxygen atoms in total. The summed E-state index contributed by atoms with van der Waals surface area (Å²) in [5, 5.41) is 3.70. The van der Waals surface area contributed by atoms with E-state index in [1.807, 2.05) is 0 Å². The van der Waals surface area contributed by atoms with E-state index in [2.05, 4.69) is 35.6 Å². The first-order chi connectivity index (χ1) is 8.88. The molecule has 1 aliphatic heterocycles. The van der Waals surface area contributed by atoms with Crippen molar-refractivity contribution >= 4 is 0 Å². The molecule has 1 fully saturated rings. The number of ether oxygens (including phenoxy) is 2. The van der Waals surface area contributed by atoms with Crippen LogP contribution in [0, 0.1) is 0 Å². The van der Waals surface area contributed by atoms with Crippen LogP contribution in [0.1, 0.15) is 18.4 Å². The molecule has 18 heavy (non-hydrogen) atoms. The number of hydrogen-bond acceptors (Lipinski definition) is 3. The van der Waals surface area contributed by atoms with Crippen LogP contribution in [-0.2, 0) is 15.9 Å². The highest BCUT2D eigenvalue weighted by Crippen LogP contribution is 2.10. The number of benzene rings is 1. The zero-order valence-corrected chi connectivity index (χ0v) is 11.1. The lowest BCUT2D eigenvalue weighted by Crippen LogP contribution is -2.44. The Morgan fingerprint density at radius 3 is 2.67 bits per heavy atom. The van der Waals surface area contributed by atoms with Gasteiger partial charge in [-0.15, -0.1) is 0 Å². The fraction of sp³-hybridized carbons (Fsp3) is 0.600. The minimum atomic E-state index is 0.389. The Hall–Kier alpha value is -0.900. The van der Waals surface area contributed by atoms with Crippen molar-refractivity contribution in [2.24, 2.45) is 0 Å². The smallest absolute Gasteiger partial charge is 0.0619 e. The van der Waals surface area contributed by atoms with Gasteiger partial charge in [0.15, 0.2) is 0 Å². The van der Waals surface area contributed by atoms with Crippen molar-refractivity contribution in [2.45, 2.75) is 31.3 Å². The van der Waals surface area contributed by atoms with E-state index in [0.717, 1.165) is 39.1 Å². The molecule has 100 valence electrons. The van der Waals surface area contributed by atoms with Crippen LogP contribution in [0.2, 0.25) is 0 Å². The van der Waals surface area contributed by atoms with E-state index in [4.69, 9.17) is 9.47 Å². The fourth-order valence-corrected chi connectivity index (χ4v) is 2.46. The molecule has 2 rings (SSSR count). The summed E-state index contributed by atoms with van der Waals surface area (Å²) >= 11 is 0. The standard InChI is InChI=1S/C15H23NO2/c1-17-12-15(11-13-5-3-2-4-6-13)16-14-7-9-18-10-8-14/h2-6,14-16H,7-12H2,1H3/t15-/m1/s1. The number of nitrogens with one attached hydrogen (secondary N) is 1. The summed E-state index contributed by atoms with van der Waals surface area (Å²) in [6.45, 7) is 2.51. The van der Waals surface area contributed by atoms with Crippen LogP contribution >= 0.6 is 0 Å². The molecule has 1 aromatic carbocycles. The Morgan fingerprint density at radius 2 is 2.00 bits per heavy atom. The first-order valence-electron chi connectivity index (χ1n) is 6.75. The zero-order chi connectivity index (χ0) is 12.6. The van der Waals surface area contributed by atoms with Crippen LogP contribution in [0.5, 0.6) is 0 Å². The second kappa shape index (κ2) is 7.52. The van der Waals surface area contributed by atoms with Crippen molar-refractivity contribution in [1.29, 1.82) is 0 Å². The van der Waals surface area contributed by atoms with Crippen molar-refractivity contribution in [1.82, 2.24) is 5.32 Å². The lowest BCUT2D eigenvalue weighted by Gasteiger charge is -2.28. The van der Waals surface area contributed by atoms with Gasteiger partial charge in [-0.25, -0.2) is 0 Å². The average Bonchev–Trinajstić information content (AvgIpc) is 2.41. The van der Waals surface area contributed by atoms with Crippen LogP contribution in [0.4, 0.5) is 0 Å². The second-order valence-electron chi connectivity index (χ2n) is 4.90. The predicted octanol–water partition coefficient (Wildman–Crippen LogP) is 2.01. The van der Waals surface area contributed by atoms with E-state index in [-0.39, 0.29) is 0 Å². The molecule has 1 aliphatic rings. The van der Waals surface area contributed by atoms with Crippen molar-refractivity contribution in [3.05, 3.63) is 35.9 Å². The number of rotatable bonds is 6. The maximum atomic E-state index is 5.39. The lowest BCUT2D eigenvalue weighted by atomic mass is 10.0. The molecule has 1 heterocycles. The Kier molecular flexibility index (Phi) is 5.65. The first-order valence-corrected chi connectivity index (χ1v) is 6.75. The third kappa shape index (κ3) is 4.41. The van der Waals surface area contributed by atoms with Gasteiger partial charge in [0.05, 0.1) is 6.61 Å². The quantitative estimate of drug-likeness (QED) is 0.836. The molecule has 0 aromatic heterocycles. The maximum absolute atomic E-state index is 5.39. The van der Waals surface area contributed by atoms with Gasteiger partial charge < -0.3 is 14.8 Å². The van der Waals surface area contributed by atoms with E-state index in [1.54, 1.807) is 7.11 Å². The molecular weight excluding hydrogens is 226 g/mol. The second-order valence-corrected chi connectivity index (χ2v) is 4.90. The molecule has 0 amide bonds. The van der Waals surface area contributed by atoms with Crippen LogP contribution < -0.4 is 5.32 Å². The molecule has 0 radical (unpaired) electrons. The third-order valence-electron chi connectivity index (χ3n) is 3.39. The largest absolute Gasteiger partial charge is 0.383 e. The van der Waals surface area contributed by atoms with E-state index in [9.17, 15) is 0 Å². The van der Waals surface area contributed by atoms with Gasteiger partial charge in [-0.3, -0.25) is 0 Å². The van der Waals surface area contributed by atoms with Crippen LogP contribution in [0.3, 0.4) is 0 Å². The summed E-state index contributed by atoms with van der Waals surface area (Å²) in [4.78, 5) is 0. The molecule has 0 aliphatic carbocycles. The maximum Gasteiger partial charge on any atom is 0.0619 e. The monoisotopic (exact) mass is 249 g/mol. The molecule has 1 atom stereocenters. The summed E-state index contributed by atoms with van der Waals surface area (Å²) in [7, 11) is 1.77. The van der Waals surface area contributed by atoms with Gasteiger partial charge in [0, 0.05) is 32.4 Å². The van der Waals surface area contributed by atoms with Crippen molar-refractivity contribution in [2.75, 3.05) is 26.9 Å². The molecule has 0 unspecified atom stereocenters. The van der Waals surface area contributed by atoms with E-state index in [0.29, 0.717) is 12.1 Å². The molecule has 1 aromatic rings. The van der Waals surface area contributed by atoms with Crippen LogP contribution in [0.15, 0.2) is 30.3 Å². The van der Waals surface area contributed by atoms with Crippen LogP contribution in [0.25, 0.3) is 0 Å². The molecule has 0 bridgehead atoms. The van der Waals surface area contributed by atoms with E-state index < -0.39 is 0 Å². The molecule has 1 N–H and O–H groups in total. The lowest BCUT2D eigenvalue weighted by molar-refractivity contribution is 0.0688. The molecular formula is C15H23NO2. The molecule has 0 spiro atoms. The molecule has 1 saturated heterocycles. The summed E-state index contributed by atoms with van der Waals surface area (Å²) in [5.41, 5.74) is 1.36. The van der Waals surface area contributed by atoms with E-state index in [1.165, 1.54) is 5.56 Å². The van der Waals surface area contributed by atoms with Gasteiger partial charge in [0.2, 0.25) is 0 Å².